The van der Waals surface area contributed by atoms with E-state index in [1.807, 2.05) is 0 Å². The fraction of sp³-hybridized carbons (Fsp3) is 0.167. The number of anilines is 1. The summed E-state index contributed by atoms with van der Waals surface area (Å²) in [5.74, 6) is -2.71. The van der Waals surface area contributed by atoms with Crippen molar-refractivity contribution in [1.29, 1.82) is 0 Å². The number of aromatic nitrogens is 3. The number of benzene rings is 2. The van der Waals surface area contributed by atoms with Crippen molar-refractivity contribution in [2.24, 2.45) is 0 Å². The number of aromatic amines is 1. The minimum Gasteiger partial charge on any atom is -0.345 e. The van der Waals surface area contributed by atoms with Gasteiger partial charge >= 0.3 is 0 Å². The van der Waals surface area contributed by atoms with Crippen LogP contribution in [0, 0.1) is 11.6 Å². The first kappa shape index (κ1) is 26.6. The molecule has 0 aliphatic carbocycles. The number of Topliss-reactive ketones (excluding diaryl/α,β-unsaturated/α-hetero) is 2. The molecular formula is C30H24F2N4O4. The van der Waals surface area contributed by atoms with Crippen LogP contribution in [0.1, 0.15) is 52.0 Å². The molecular weight excluding hydrogens is 518 g/mol. The summed E-state index contributed by atoms with van der Waals surface area (Å²) >= 11 is 0. The molecule has 1 aliphatic rings. The molecule has 0 unspecified atom stereocenters. The smallest absolute Gasteiger partial charge is 0.261 e. The lowest BCUT2D eigenvalue weighted by atomic mass is 9.98. The van der Waals surface area contributed by atoms with E-state index in [0.29, 0.717) is 28.1 Å². The van der Waals surface area contributed by atoms with E-state index in [1.54, 1.807) is 36.5 Å². The van der Waals surface area contributed by atoms with Gasteiger partial charge in [0.05, 0.1) is 35.9 Å². The van der Waals surface area contributed by atoms with Gasteiger partial charge in [0.2, 0.25) is 0 Å². The van der Waals surface area contributed by atoms with E-state index in [9.17, 15) is 28.0 Å². The number of fused-ring (bicyclic) bond motifs is 1. The zero-order valence-corrected chi connectivity index (χ0v) is 21.2. The lowest BCUT2D eigenvalue weighted by molar-refractivity contribution is -0.118. The Morgan fingerprint density at radius 2 is 1.80 bits per heavy atom. The highest BCUT2D eigenvalue weighted by molar-refractivity contribution is 6.34. The Kier molecular flexibility index (Phi) is 7.59. The summed E-state index contributed by atoms with van der Waals surface area (Å²) < 4.78 is 28.0. The van der Waals surface area contributed by atoms with Gasteiger partial charge in [-0.05, 0) is 60.0 Å². The molecule has 0 fully saturated rings. The monoisotopic (exact) mass is 542 g/mol. The summed E-state index contributed by atoms with van der Waals surface area (Å²) in [6, 6.07) is 11.7. The number of halogens is 2. The van der Waals surface area contributed by atoms with Gasteiger partial charge in [0.1, 0.15) is 5.78 Å². The highest BCUT2D eigenvalue weighted by Gasteiger charge is 2.25. The molecule has 40 heavy (non-hydrogen) atoms. The van der Waals surface area contributed by atoms with Gasteiger partial charge in [0, 0.05) is 36.7 Å². The Morgan fingerprint density at radius 1 is 0.975 bits per heavy atom. The minimum absolute atomic E-state index is 0.00977. The van der Waals surface area contributed by atoms with E-state index < -0.39 is 23.0 Å². The third-order valence-corrected chi connectivity index (χ3v) is 6.60. The number of carbonyl (C=O) groups is 3. The molecule has 0 atom stereocenters. The quantitative estimate of drug-likeness (QED) is 0.225. The van der Waals surface area contributed by atoms with Crippen LogP contribution in [0.4, 0.5) is 14.5 Å². The number of nitrogens with zero attached hydrogens (tertiary/aromatic N) is 2. The third kappa shape index (κ3) is 5.85. The van der Waals surface area contributed by atoms with Crippen LogP contribution >= 0.6 is 0 Å². The SMILES string of the molecule is O=C(CCCC(=O)c1cccn(Cc2ccc(F)c(F)c2)c1=O)Cc1ccc2c(c1)/C(=C/c1cnc[nH]1)C(=O)N2. The molecule has 2 aromatic heterocycles. The van der Waals surface area contributed by atoms with Crippen LogP contribution in [0.15, 0.2) is 72.0 Å². The van der Waals surface area contributed by atoms with Crippen LogP contribution < -0.4 is 10.9 Å². The summed E-state index contributed by atoms with van der Waals surface area (Å²) in [5.41, 5.74) is 3.07. The van der Waals surface area contributed by atoms with E-state index in [4.69, 9.17) is 0 Å². The molecule has 10 heteroatoms. The number of pyridine rings is 1. The number of ketones is 2. The number of hydrogen-bond donors (Lipinski definition) is 2. The maximum atomic E-state index is 13.5. The fourth-order valence-corrected chi connectivity index (χ4v) is 4.59. The zero-order chi connectivity index (χ0) is 28.2. The number of imidazole rings is 1. The average Bonchev–Trinajstić information content (AvgIpc) is 3.55. The second-order valence-electron chi connectivity index (χ2n) is 9.49. The predicted octanol–water partition coefficient (Wildman–Crippen LogP) is 4.56. The van der Waals surface area contributed by atoms with Crippen molar-refractivity contribution in [3.05, 3.63) is 117 Å². The summed E-state index contributed by atoms with van der Waals surface area (Å²) in [6.45, 7) is -0.0175. The van der Waals surface area contributed by atoms with E-state index >= 15 is 0 Å². The van der Waals surface area contributed by atoms with Crippen LogP contribution in [0.2, 0.25) is 0 Å². The first-order valence-corrected chi connectivity index (χ1v) is 12.6. The van der Waals surface area contributed by atoms with Gasteiger partial charge < -0.3 is 14.9 Å². The van der Waals surface area contributed by atoms with Crippen LogP contribution in [0.5, 0.6) is 0 Å². The molecule has 8 nitrogen and oxygen atoms in total. The molecule has 5 rings (SSSR count). The molecule has 1 amide bonds. The Morgan fingerprint density at radius 3 is 2.58 bits per heavy atom. The maximum absolute atomic E-state index is 13.5. The molecule has 0 radical (unpaired) electrons. The summed E-state index contributed by atoms with van der Waals surface area (Å²) in [4.78, 5) is 57.5. The summed E-state index contributed by atoms with van der Waals surface area (Å²) in [7, 11) is 0. The van der Waals surface area contributed by atoms with Crippen molar-refractivity contribution in [2.75, 3.05) is 5.32 Å². The van der Waals surface area contributed by atoms with Crippen molar-refractivity contribution < 1.29 is 23.2 Å². The first-order valence-electron chi connectivity index (χ1n) is 12.6. The normalized spacial score (nSPS) is 13.3. The Balaban J connectivity index is 1.18. The van der Waals surface area contributed by atoms with Crippen LogP contribution in [-0.2, 0) is 22.6 Å². The second kappa shape index (κ2) is 11.4. The number of amides is 1. The highest BCUT2D eigenvalue weighted by atomic mass is 19.2. The summed E-state index contributed by atoms with van der Waals surface area (Å²) in [6.07, 6.45) is 6.85. The molecule has 0 saturated carbocycles. The molecule has 4 aromatic rings. The maximum Gasteiger partial charge on any atom is 0.261 e. The van der Waals surface area contributed by atoms with E-state index in [-0.39, 0.29) is 49.5 Å². The van der Waals surface area contributed by atoms with E-state index in [0.717, 1.165) is 17.7 Å². The Hall–Kier alpha value is -4.99. The lowest BCUT2D eigenvalue weighted by Gasteiger charge is -2.08. The van der Waals surface area contributed by atoms with Gasteiger partial charge in [-0.25, -0.2) is 13.8 Å². The van der Waals surface area contributed by atoms with Crippen molar-refractivity contribution >= 4 is 34.8 Å². The molecule has 3 heterocycles. The average molecular weight is 543 g/mol. The molecule has 202 valence electrons. The zero-order valence-electron chi connectivity index (χ0n) is 21.2. The third-order valence-electron chi connectivity index (χ3n) is 6.60. The number of H-pyrrole nitrogens is 1. The summed E-state index contributed by atoms with van der Waals surface area (Å²) in [5, 5.41) is 2.81. The number of hydrogen-bond acceptors (Lipinski definition) is 5. The highest BCUT2D eigenvalue weighted by Crippen LogP contribution is 2.33. The van der Waals surface area contributed by atoms with Crippen molar-refractivity contribution in [3.8, 4) is 0 Å². The molecule has 0 bridgehead atoms. The van der Waals surface area contributed by atoms with Gasteiger partial charge in [-0.15, -0.1) is 0 Å². The van der Waals surface area contributed by atoms with Gasteiger partial charge in [0.25, 0.3) is 11.5 Å². The van der Waals surface area contributed by atoms with E-state index in [1.165, 1.54) is 29.2 Å². The van der Waals surface area contributed by atoms with Gasteiger partial charge in [-0.2, -0.15) is 0 Å². The standard InChI is InChI=1S/C30H24F2N4O4/c31-25-8-6-19(13-26(25)32)16-36-10-2-4-22(30(36)40)28(38)5-1-3-21(37)11-18-7-9-27-23(12-18)24(29(39)35-27)14-20-15-33-17-34-20/h2,4,6-10,12-15,17H,1,3,5,11,16H2,(H,33,34)(H,35,39)/b24-14-. The molecule has 0 saturated heterocycles. The predicted molar refractivity (Wildman–Crippen MR) is 145 cm³/mol. The number of nitrogens with one attached hydrogen (secondary N) is 2. The van der Waals surface area contributed by atoms with Crippen LogP contribution in [-0.4, -0.2) is 32.0 Å². The van der Waals surface area contributed by atoms with Crippen molar-refractivity contribution in [1.82, 2.24) is 14.5 Å². The van der Waals surface area contributed by atoms with Crippen molar-refractivity contribution in [3.63, 3.8) is 0 Å². The van der Waals surface area contributed by atoms with Gasteiger partial charge in [-0.1, -0.05) is 12.1 Å². The van der Waals surface area contributed by atoms with E-state index in [2.05, 4.69) is 15.3 Å². The largest absolute Gasteiger partial charge is 0.345 e. The second-order valence-corrected chi connectivity index (χ2v) is 9.49. The number of carbonyl (C=O) groups excluding carboxylic acids is 3. The van der Waals surface area contributed by atoms with Crippen molar-refractivity contribution in [2.45, 2.75) is 32.2 Å². The first-order chi connectivity index (χ1) is 19.3. The minimum atomic E-state index is -1.02. The molecule has 0 spiro atoms. The molecule has 2 N–H and O–H groups in total. The Bertz CT molecular complexity index is 1710. The van der Waals surface area contributed by atoms with Crippen LogP contribution in [0.3, 0.4) is 0 Å². The van der Waals surface area contributed by atoms with Gasteiger partial charge in [-0.3, -0.25) is 19.2 Å². The van der Waals surface area contributed by atoms with Gasteiger partial charge in [0.15, 0.2) is 17.4 Å². The Labute approximate surface area is 227 Å². The molecule has 1 aliphatic heterocycles. The molecule has 2 aromatic carbocycles. The topological polar surface area (TPSA) is 114 Å². The number of rotatable bonds is 10. The fourth-order valence-electron chi connectivity index (χ4n) is 4.59. The van der Waals surface area contributed by atoms with Crippen LogP contribution in [0.25, 0.3) is 11.6 Å². The lowest BCUT2D eigenvalue weighted by Crippen LogP contribution is -2.26.